The van der Waals surface area contributed by atoms with Crippen LogP contribution in [-0.2, 0) is 65.4 Å². The number of phosphoric ester groups is 2. The van der Waals surface area contributed by atoms with Crippen molar-refractivity contribution >= 4 is 39.5 Å². The second-order valence-electron chi connectivity index (χ2n) is 25.8. The van der Waals surface area contributed by atoms with Gasteiger partial charge in [-0.15, -0.1) is 0 Å². The van der Waals surface area contributed by atoms with Crippen molar-refractivity contribution in [2.24, 2.45) is 5.92 Å². The standard InChI is InChI=1S/C76H136O17P2/c1-6-9-12-15-18-21-24-27-30-33-36-39-44-49-54-59-73(78)86-65-71(92-75(80)61-56-51-45-40-37-34-31-28-25-22-19-16-13-10-7-2)67-90-94(82,83)88-63-70(77)64-89-95(84,85)91-68-72(66-87-74(79)60-55-50-47-42-43-48-53-58-69(4)5)93-76(81)62-57-52-46-41-38-35-32-29-26-23-20-17-14-11-8-3/h21-32,69-72,77H,6-20,33-68H2,1-5H3,(H,82,83)(H,84,85)/b24-21-,25-22-,26-23-,30-27-,31-28-,32-29-/t70?,71-,72-/m1/s1. The summed E-state index contributed by atoms with van der Waals surface area (Å²) in [7, 11) is -9.95. The third kappa shape index (κ3) is 68.8. The van der Waals surface area contributed by atoms with Gasteiger partial charge in [-0.1, -0.05) is 268 Å². The highest BCUT2D eigenvalue weighted by molar-refractivity contribution is 7.47. The molecule has 0 heterocycles. The van der Waals surface area contributed by atoms with Crippen LogP contribution in [0.4, 0.5) is 0 Å². The van der Waals surface area contributed by atoms with Gasteiger partial charge in [0.15, 0.2) is 12.2 Å². The van der Waals surface area contributed by atoms with E-state index in [1.165, 1.54) is 96.3 Å². The van der Waals surface area contributed by atoms with Crippen molar-refractivity contribution < 1.29 is 80.2 Å². The van der Waals surface area contributed by atoms with Gasteiger partial charge in [0.05, 0.1) is 26.4 Å². The largest absolute Gasteiger partial charge is 0.472 e. The minimum Gasteiger partial charge on any atom is -0.462 e. The molecule has 3 unspecified atom stereocenters. The molecule has 95 heavy (non-hydrogen) atoms. The number of rotatable bonds is 70. The first-order chi connectivity index (χ1) is 46.0. The molecule has 0 aliphatic carbocycles. The molecule has 0 bridgehead atoms. The van der Waals surface area contributed by atoms with Gasteiger partial charge in [0, 0.05) is 25.7 Å². The maximum atomic E-state index is 13.1. The molecular formula is C76H136O17P2. The minimum atomic E-state index is -4.98. The number of ether oxygens (including phenoxy) is 4. The molecule has 0 rings (SSSR count). The average Bonchev–Trinajstić information content (AvgIpc) is 1.44. The maximum absolute atomic E-state index is 13.1. The van der Waals surface area contributed by atoms with Crippen LogP contribution in [-0.4, -0.2) is 96.7 Å². The van der Waals surface area contributed by atoms with Crippen LogP contribution < -0.4 is 0 Å². The summed E-state index contributed by atoms with van der Waals surface area (Å²) in [5, 5.41) is 10.6. The van der Waals surface area contributed by atoms with E-state index in [1.807, 2.05) is 0 Å². The molecule has 0 radical (unpaired) electrons. The quantitative estimate of drug-likeness (QED) is 0.0169. The number of phosphoric acid groups is 2. The van der Waals surface area contributed by atoms with Crippen molar-refractivity contribution in [3.8, 4) is 0 Å². The number of esters is 4. The molecular weight excluding hydrogens is 1250 g/mol. The number of carbonyl (C=O) groups excluding carboxylic acids is 4. The summed E-state index contributed by atoms with van der Waals surface area (Å²) in [6, 6.07) is 0. The van der Waals surface area contributed by atoms with Crippen molar-refractivity contribution in [1.29, 1.82) is 0 Å². The summed E-state index contributed by atoms with van der Waals surface area (Å²) >= 11 is 0. The molecule has 552 valence electrons. The van der Waals surface area contributed by atoms with E-state index in [0.29, 0.717) is 31.6 Å². The van der Waals surface area contributed by atoms with Crippen molar-refractivity contribution in [3.63, 3.8) is 0 Å². The zero-order chi connectivity index (χ0) is 69.8. The van der Waals surface area contributed by atoms with E-state index >= 15 is 0 Å². The molecule has 3 N–H and O–H groups in total. The van der Waals surface area contributed by atoms with Crippen LogP contribution in [0.1, 0.15) is 324 Å². The van der Waals surface area contributed by atoms with Crippen molar-refractivity contribution in [2.75, 3.05) is 39.6 Å². The van der Waals surface area contributed by atoms with Crippen LogP contribution in [0.2, 0.25) is 0 Å². The molecule has 0 aliphatic heterocycles. The van der Waals surface area contributed by atoms with E-state index in [1.54, 1.807) is 0 Å². The highest BCUT2D eigenvalue weighted by Gasteiger charge is 2.30. The van der Waals surface area contributed by atoms with E-state index in [4.69, 9.17) is 37.0 Å². The summed E-state index contributed by atoms with van der Waals surface area (Å²) in [6.45, 7) is 7.02. The summed E-state index contributed by atoms with van der Waals surface area (Å²) in [5.41, 5.74) is 0. The third-order valence-corrected chi connectivity index (χ3v) is 17.8. The lowest BCUT2D eigenvalue weighted by molar-refractivity contribution is -0.161. The number of aliphatic hydroxyl groups excluding tert-OH is 1. The predicted octanol–water partition coefficient (Wildman–Crippen LogP) is 21.1. The number of hydrogen-bond donors (Lipinski definition) is 3. The number of allylic oxidation sites excluding steroid dienone is 12. The lowest BCUT2D eigenvalue weighted by Gasteiger charge is -2.21. The first kappa shape index (κ1) is 91.5. The minimum absolute atomic E-state index is 0.0756. The van der Waals surface area contributed by atoms with Crippen LogP contribution in [0.25, 0.3) is 0 Å². The molecule has 17 nitrogen and oxygen atoms in total. The normalized spacial score (nSPS) is 14.5. The van der Waals surface area contributed by atoms with Gasteiger partial charge in [0.25, 0.3) is 0 Å². The Bertz CT molecular complexity index is 2110. The molecule has 0 saturated heterocycles. The highest BCUT2D eigenvalue weighted by atomic mass is 31.2. The first-order valence-corrected chi connectivity index (χ1v) is 40.6. The van der Waals surface area contributed by atoms with Gasteiger partial charge in [-0.25, -0.2) is 9.13 Å². The van der Waals surface area contributed by atoms with Crippen LogP contribution in [0.5, 0.6) is 0 Å². The van der Waals surface area contributed by atoms with Gasteiger partial charge in [0.1, 0.15) is 19.3 Å². The van der Waals surface area contributed by atoms with Crippen LogP contribution in [0.3, 0.4) is 0 Å². The Hall–Kier alpha value is -3.50. The first-order valence-electron chi connectivity index (χ1n) is 37.6. The molecule has 19 heteroatoms. The van der Waals surface area contributed by atoms with E-state index in [0.717, 1.165) is 141 Å². The smallest absolute Gasteiger partial charge is 0.462 e. The molecule has 0 fully saturated rings. The third-order valence-electron chi connectivity index (χ3n) is 15.9. The summed E-state index contributed by atoms with van der Waals surface area (Å²) < 4.78 is 68.3. The second-order valence-corrected chi connectivity index (χ2v) is 28.7. The highest BCUT2D eigenvalue weighted by Crippen LogP contribution is 2.45. The fraction of sp³-hybridized carbons (Fsp3) is 0.789. The van der Waals surface area contributed by atoms with Crippen LogP contribution in [0.15, 0.2) is 72.9 Å². The van der Waals surface area contributed by atoms with Gasteiger partial charge in [-0.2, -0.15) is 0 Å². The van der Waals surface area contributed by atoms with Gasteiger partial charge in [-0.3, -0.25) is 37.3 Å². The van der Waals surface area contributed by atoms with Gasteiger partial charge >= 0.3 is 39.5 Å². The van der Waals surface area contributed by atoms with E-state index < -0.39 is 97.5 Å². The fourth-order valence-electron chi connectivity index (χ4n) is 10.1. The number of aliphatic hydroxyl groups is 1. The number of unbranched alkanes of at least 4 members (excludes halogenated alkanes) is 33. The summed E-state index contributed by atoms with van der Waals surface area (Å²) in [5.74, 6) is -1.51. The Morgan fingerprint density at radius 1 is 0.326 bits per heavy atom. The Morgan fingerprint density at radius 2 is 0.568 bits per heavy atom. The SMILES string of the molecule is CCCCCC/C=C\C=C/CCCCCCCC(=O)OC[C@H](COP(=O)(O)OCC(O)COP(=O)(O)OC[C@@H](COC(=O)CCCCCCCCCC(C)C)OC(=O)CCCCCCC/C=C\C=C/CCCCCC)OC(=O)CCCCCCC/C=C\C=C/CCCCCC. The van der Waals surface area contributed by atoms with Gasteiger partial charge < -0.3 is 33.8 Å². The topological polar surface area (TPSA) is 237 Å². The molecule has 0 spiro atoms. The van der Waals surface area contributed by atoms with Crippen molar-refractivity contribution in [2.45, 2.75) is 342 Å². The number of hydrogen-bond acceptors (Lipinski definition) is 15. The lowest BCUT2D eigenvalue weighted by atomic mass is 10.0. The van der Waals surface area contributed by atoms with E-state index in [2.05, 4.69) is 108 Å². The Morgan fingerprint density at radius 3 is 0.853 bits per heavy atom. The Labute approximate surface area is 577 Å². The van der Waals surface area contributed by atoms with Crippen molar-refractivity contribution in [1.82, 2.24) is 0 Å². The molecule has 5 atom stereocenters. The second kappa shape index (κ2) is 67.7. The zero-order valence-corrected chi connectivity index (χ0v) is 62.0. The molecule has 0 saturated carbocycles. The molecule has 0 aromatic heterocycles. The summed E-state index contributed by atoms with van der Waals surface area (Å²) in [6.07, 6.45) is 64.9. The molecule has 0 amide bonds. The Kier molecular flexibility index (Phi) is 65.2. The fourth-order valence-corrected chi connectivity index (χ4v) is 11.7. The van der Waals surface area contributed by atoms with Crippen molar-refractivity contribution in [3.05, 3.63) is 72.9 Å². The zero-order valence-electron chi connectivity index (χ0n) is 60.3. The Balaban J connectivity index is 5.36. The average molecular weight is 1380 g/mol. The van der Waals surface area contributed by atoms with Crippen LogP contribution in [0, 0.1) is 5.92 Å². The lowest BCUT2D eigenvalue weighted by Crippen LogP contribution is -2.30. The maximum Gasteiger partial charge on any atom is 0.472 e. The van der Waals surface area contributed by atoms with Crippen LogP contribution >= 0.6 is 15.6 Å². The molecule has 0 aliphatic rings. The van der Waals surface area contributed by atoms with Gasteiger partial charge in [-0.05, 0) is 109 Å². The molecule has 0 aromatic carbocycles. The molecule has 0 aromatic rings. The monoisotopic (exact) mass is 1380 g/mol. The van der Waals surface area contributed by atoms with Gasteiger partial charge in [0.2, 0.25) is 0 Å². The number of carbonyl (C=O) groups is 4. The summed E-state index contributed by atoms with van der Waals surface area (Å²) in [4.78, 5) is 72.7. The predicted molar refractivity (Wildman–Crippen MR) is 386 cm³/mol. The van der Waals surface area contributed by atoms with E-state index in [-0.39, 0.29) is 25.7 Å². The van der Waals surface area contributed by atoms with E-state index in [9.17, 15) is 43.2 Å².